The lowest BCUT2D eigenvalue weighted by Gasteiger charge is -2.23. The number of rotatable bonds is 6. The van der Waals surface area contributed by atoms with Gasteiger partial charge in [0, 0.05) is 28.9 Å². The maximum atomic E-state index is 4.82. The van der Waals surface area contributed by atoms with Gasteiger partial charge >= 0.3 is 0 Å². The first-order valence-corrected chi connectivity index (χ1v) is 9.48. The van der Waals surface area contributed by atoms with Gasteiger partial charge < -0.3 is 10.2 Å². The van der Waals surface area contributed by atoms with E-state index in [1.54, 1.807) is 12.4 Å². The number of fused-ring (bicyclic) bond motifs is 1. The van der Waals surface area contributed by atoms with E-state index in [0.717, 1.165) is 28.8 Å². The molecule has 0 saturated heterocycles. The van der Waals surface area contributed by atoms with Crippen molar-refractivity contribution in [2.45, 2.75) is 6.04 Å². The van der Waals surface area contributed by atoms with Crippen LogP contribution in [0.3, 0.4) is 0 Å². The van der Waals surface area contributed by atoms with Crippen LogP contribution in [0.2, 0.25) is 0 Å². The molecular weight excluding hydrogens is 346 g/mol. The summed E-state index contributed by atoms with van der Waals surface area (Å²) in [6.07, 6.45) is 3.55. The minimum Gasteiger partial charge on any atom is -0.363 e. The quantitative estimate of drug-likeness (QED) is 0.548. The van der Waals surface area contributed by atoms with Crippen molar-refractivity contribution >= 4 is 16.7 Å². The predicted molar refractivity (Wildman–Crippen MR) is 113 cm³/mol. The van der Waals surface area contributed by atoms with Crippen LogP contribution in [0.5, 0.6) is 0 Å². The number of para-hydroxylation sites is 1. The first kappa shape index (κ1) is 18.1. The molecule has 0 fully saturated rings. The monoisotopic (exact) mass is 370 g/mol. The van der Waals surface area contributed by atoms with Crippen molar-refractivity contribution in [3.8, 4) is 11.4 Å². The molecule has 0 saturated carbocycles. The highest BCUT2D eigenvalue weighted by Gasteiger charge is 2.18. The van der Waals surface area contributed by atoms with Crippen molar-refractivity contribution in [2.75, 3.05) is 26.0 Å². The van der Waals surface area contributed by atoms with E-state index in [0.29, 0.717) is 11.9 Å². The van der Waals surface area contributed by atoms with E-state index in [1.165, 1.54) is 10.5 Å². The SMILES string of the molecule is C[NH+](C)[C@H](CNc1nc(-c2cccnc2)nc2ccccc12)c1ccccc1. The third kappa shape index (κ3) is 3.85. The van der Waals surface area contributed by atoms with Gasteiger partial charge in [0.05, 0.1) is 26.2 Å². The molecule has 2 aromatic heterocycles. The lowest BCUT2D eigenvalue weighted by Crippen LogP contribution is -3.06. The van der Waals surface area contributed by atoms with Crippen molar-refractivity contribution in [1.82, 2.24) is 15.0 Å². The maximum Gasteiger partial charge on any atom is 0.163 e. The normalized spacial score (nSPS) is 12.2. The molecule has 0 radical (unpaired) electrons. The minimum atomic E-state index is 0.316. The van der Waals surface area contributed by atoms with Crippen LogP contribution in [0, 0.1) is 0 Å². The molecular formula is C23H24N5+. The van der Waals surface area contributed by atoms with Gasteiger partial charge in [0.2, 0.25) is 0 Å². The van der Waals surface area contributed by atoms with E-state index in [4.69, 9.17) is 9.97 Å². The van der Waals surface area contributed by atoms with E-state index in [9.17, 15) is 0 Å². The maximum absolute atomic E-state index is 4.82. The van der Waals surface area contributed by atoms with Gasteiger partial charge in [0.1, 0.15) is 11.9 Å². The van der Waals surface area contributed by atoms with Gasteiger partial charge in [-0.1, -0.05) is 42.5 Å². The fourth-order valence-electron chi connectivity index (χ4n) is 3.37. The molecule has 4 rings (SSSR count). The van der Waals surface area contributed by atoms with Gasteiger partial charge in [-0.15, -0.1) is 0 Å². The second-order valence-electron chi connectivity index (χ2n) is 7.08. The van der Waals surface area contributed by atoms with Crippen LogP contribution in [0.15, 0.2) is 79.1 Å². The van der Waals surface area contributed by atoms with Crippen molar-refractivity contribution in [3.63, 3.8) is 0 Å². The van der Waals surface area contributed by atoms with Gasteiger partial charge in [0.15, 0.2) is 5.82 Å². The van der Waals surface area contributed by atoms with Crippen LogP contribution in [-0.2, 0) is 0 Å². The highest BCUT2D eigenvalue weighted by Crippen LogP contribution is 2.25. The minimum absolute atomic E-state index is 0.316. The molecule has 0 aliphatic carbocycles. The summed E-state index contributed by atoms with van der Waals surface area (Å²) in [5, 5.41) is 4.61. The Hall–Kier alpha value is -3.31. The Labute approximate surface area is 165 Å². The van der Waals surface area contributed by atoms with Gasteiger partial charge in [-0.05, 0) is 24.3 Å². The van der Waals surface area contributed by atoms with Crippen LogP contribution < -0.4 is 10.2 Å². The Morgan fingerprint density at radius 3 is 2.43 bits per heavy atom. The van der Waals surface area contributed by atoms with Gasteiger partial charge in [-0.2, -0.15) is 0 Å². The standard InChI is InChI=1S/C23H23N5/c1-28(2)21(17-9-4-3-5-10-17)16-25-23-19-12-6-7-13-20(19)26-22(27-23)18-11-8-14-24-15-18/h3-15,21H,16H2,1-2H3,(H,25,26,27)/p+1/t21-/m1/s1. The van der Waals surface area contributed by atoms with Crippen molar-refractivity contribution in [3.05, 3.63) is 84.7 Å². The lowest BCUT2D eigenvalue weighted by molar-refractivity contribution is -0.890. The number of likely N-dealkylation sites (N-methyl/N-ethyl adjacent to an activating group) is 1. The summed E-state index contributed by atoms with van der Waals surface area (Å²) >= 11 is 0. The molecule has 5 heteroatoms. The molecule has 2 heterocycles. The molecule has 2 N–H and O–H groups in total. The number of hydrogen-bond acceptors (Lipinski definition) is 4. The van der Waals surface area contributed by atoms with E-state index in [1.807, 2.05) is 30.3 Å². The second kappa shape index (κ2) is 8.15. The average Bonchev–Trinajstić information content (AvgIpc) is 2.75. The van der Waals surface area contributed by atoms with Crippen molar-refractivity contribution in [2.24, 2.45) is 0 Å². The average molecular weight is 370 g/mol. The molecule has 5 nitrogen and oxygen atoms in total. The number of benzene rings is 2. The molecule has 0 aliphatic rings. The fourth-order valence-corrected chi connectivity index (χ4v) is 3.37. The van der Waals surface area contributed by atoms with E-state index < -0.39 is 0 Å². The molecule has 28 heavy (non-hydrogen) atoms. The molecule has 1 atom stereocenters. The molecule has 0 spiro atoms. The van der Waals surface area contributed by atoms with Gasteiger partial charge in [-0.3, -0.25) is 4.98 Å². The number of pyridine rings is 1. The largest absolute Gasteiger partial charge is 0.363 e. The molecule has 140 valence electrons. The molecule has 2 aromatic carbocycles. The number of aromatic nitrogens is 3. The predicted octanol–water partition coefficient (Wildman–Crippen LogP) is 2.99. The van der Waals surface area contributed by atoms with Crippen LogP contribution >= 0.6 is 0 Å². The highest BCUT2D eigenvalue weighted by molar-refractivity contribution is 5.90. The Bertz CT molecular complexity index is 1050. The third-order valence-corrected chi connectivity index (χ3v) is 4.90. The van der Waals surface area contributed by atoms with Crippen LogP contribution in [-0.4, -0.2) is 35.6 Å². The third-order valence-electron chi connectivity index (χ3n) is 4.90. The molecule has 4 aromatic rings. The lowest BCUT2D eigenvalue weighted by atomic mass is 10.1. The van der Waals surface area contributed by atoms with Crippen LogP contribution in [0.4, 0.5) is 5.82 Å². The second-order valence-corrected chi connectivity index (χ2v) is 7.08. The summed E-state index contributed by atoms with van der Waals surface area (Å²) < 4.78 is 0. The number of nitrogens with one attached hydrogen (secondary N) is 2. The molecule has 0 unspecified atom stereocenters. The van der Waals surface area contributed by atoms with Crippen LogP contribution in [0.1, 0.15) is 11.6 Å². The number of quaternary nitrogens is 1. The summed E-state index contributed by atoms with van der Waals surface area (Å²) in [5.41, 5.74) is 3.14. The summed E-state index contributed by atoms with van der Waals surface area (Å²) in [4.78, 5) is 15.1. The fraction of sp³-hybridized carbons (Fsp3) is 0.174. The Morgan fingerprint density at radius 2 is 1.68 bits per heavy atom. The zero-order valence-corrected chi connectivity index (χ0v) is 16.1. The number of hydrogen-bond donors (Lipinski definition) is 2. The topological polar surface area (TPSA) is 55.1 Å². The number of nitrogens with zero attached hydrogens (tertiary/aromatic N) is 3. The van der Waals surface area contributed by atoms with Crippen molar-refractivity contribution < 1.29 is 4.90 Å². The van der Waals surface area contributed by atoms with E-state index >= 15 is 0 Å². The van der Waals surface area contributed by atoms with Crippen LogP contribution in [0.25, 0.3) is 22.3 Å². The van der Waals surface area contributed by atoms with Gasteiger partial charge in [0.25, 0.3) is 0 Å². The van der Waals surface area contributed by atoms with E-state index in [-0.39, 0.29) is 0 Å². The number of anilines is 1. The smallest absolute Gasteiger partial charge is 0.163 e. The van der Waals surface area contributed by atoms with Gasteiger partial charge in [-0.25, -0.2) is 9.97 Å². The zero-order chi connectivity index (χ0) is 19.3. The zero-order valence-electron chi connectivity index (χ0n) is 16.1. The molecule has 0 amide bonds. The van der Waals surface area contributed by atoms with E-state index in [2.05, 4.69) is 60.8 Å². The first-order chi connectivity index (χ1) is 13.7. The molecule has 0 bridgehead atoms. The Morgan fingerprint density at radius 1 is 0.893 bits per heavy atom. The summed E-state index contributed by atoms with van der Waals surface area (Å²) in [6.45, 7) is 0.778. The summed E-state index contributed by atoms with van der Waals surface area (Å²) in [7, 11) is 4.36. The summed E-state index contributed by atoms with van der Waals surface area (Å²) in [6, 6.07) is 22.9. The highest BCUT2D eigenvalue weighted by atomic mass is 15.1. The molecule has 0 aliphatic heterocycles. The Kier molecular flexibility index (Phi) is 5.26. The first-order valence-electron chi connectivity index (χ1n) is 9.48. The summed E-state index contributed by atoms with van der Waals surface area (Å²) in [5.74, 6) is 1.54. The Balaban J connectivity index is 1.69. The van der Waals surface area contributed by atoms with Crippen molar-refractivity contribution in [1.29, 1.82) is 0 Å².